The fourth-order valence-corrected chi connectivity index (χ4v) is 3.28. The monoisotopic (exact) mass is 286 g/mol. The van der Waals surface area contributed by atoms with E-state index in [0.29, 0.717) is 12.8 Å². The molecule has 0 bridgehead atoms. The Balaban J connectivity index is 2.70. The first-order valence-electron chi connectivity index (χ1n) is 7.78. The van der Waals surface area contributed by atoms with Crippen molar-refractivity contribution in [2.24, 2.45) is 5.41 Å². The Morgan fingerprint density at radius 1 is 0.650 bits per heavy atom. The smallest absolute Gasteiger partial charge is 0.215 e. The van der Waals surface area contributed by atoms with E-state index >= 15 is 0 Å². The molecule has 0 aromatic carbocycles. The van der Waals surface area contributed by atoms with Gasteiger partial charge in [0, 0.05) is 9.85 Å². The first kappa shape index (κ1) is 16.9. The molecule has 116 valence electrons. The van der Waals surface area contributed by atoms with Crippen LogP contribution in [0.5, 0.6) is 0 Å². The molecule has 0 radical (unpaired) electrons. The third-order valence-electron chi connectivity index (χ3n) is 4.34. The van der Waals surface area contributed by atoms with Crippen LogP contribution in [0.15, 0.2) is 0 Å². The molecule has 1 saturated carbocycles. The molecule has 1 rings (SSSR count). The van der Waals surface area contributed by atoms with E-state index in [-0.39, 0.29) is 22.9 Å². The van der Waals surface area contributed by atoms with Crippen LogP contribution in [0.1, 0.15) is 70.6 Å². The second-order valence-corrected chi connectivity index (χ2v) is 6.16. The molecule has 1 aliphatic rings. The zero-order chi connectivity index (χ0) is 14.8. The maximum absolute atomic E-state index is 10.9. The zero-order valence-electron chi connectivity index (χ0n) is 12.2. The first-order valence-corrected chi connectivity index (χ1v) is 7.78. The van der Waals surface area contributed by atoms with Crippen LogP contribution < -0.4 is 0 Å². The lowest BCUT2D eigenvalue weighted by atomic mass is 9.77. The van der Waals surface area contributed by atoms with Crippen molar-refractivity contribution >= 4 is 0 Å². The quantitative estimate of drug-likeness (QED) is 0.580. The van der Waals surface area contributed by atoms with Crippen molar-refractivity contribution < 1.29 is 9.85 Å². The van der Waals surface area contributed by atoms with Gasteiger partial charge in [0.15, 0.2) is 0 Å². The molecule has 1 fully saturated rings. The van der Waals surface area contributed by atoms with Crippen LogP contribution in [0.3, 0.4) is 0 Å². The van der Waals surface area contributed by atoms with Gasteiger partial charge in [0.2, 0.25) is 13.1 Å². The number of nitrogens with zero attached hydrogens (tertiary/aromatic N) is 2. The normalized spacial score (nSPS) is 21.4. The highest BCUT2D eigenvalue weighted by molar-refractivity contribution is 4.79. The summed E-state index contributed by atoms with van der Waals surface area (Å²) in [5, 5.41) is 21.8. The molecule has 0 aromatic rings. The minimum absolute atomic E-state index is 0.256. The maximum Gasteiger partial charge on any atom is 0.215 e. The van der Waals surface area contributed by atoms with E-state index in [1.54, 1.807) is 0 Å². The molecule has 6 heteroatoms. The van der Waals surface area contributed by atoms with E-state index in [9.17, 15) is 20.2 Å². The van der Waals surface area contributed by atoms with Crippen molar-refractivity contribution in [3.63, 3.8) is 0 Å². The zero-order valence-corrected chi connectivity index (χ0v) is 12.2. The third kappa shape index (κ3) is 6.82. The SMILES string of the molecule is O=[N+]([O-])CC1(C[N+](=O)[O-])CCCCCCCCCCC1. The molecular weight excluding hydrogens is 260 g/mol. The van der Waals surface area contributed by atoms with E-state index in [4.69, 9.17) is 0 Å². The molecule has 0 spiro atoms. The first-order chi connectivity index (χ1) is 9.54. The fourth-order valence-electron chi connectivity index (χ4n) is 3.28. The van der Waals surface area contributed by atoms with Crippen LogP contribution in [0.2, 0.25) is 0 Å². The van der Waals surface area contributed by atoms with Gasteiger partial charge in [-0.15, -0.1) is 0 Å². The van der Waals surface area contributed by atoms with Crippen LogP contribution in [-0.4, -0.2) is 22.9 Å². The molecule has 20 heavy (non-hydrogen) atoms. The summed E-state index contributed by atoms with van der Waals surface area (Å²) in [4.78, 5) is 21.1. The average Bonchev–Trinajstić information content (AvgIpc) is 2.32. The summed E-state index contributed by atoms with van der Waals surface area (Å²) < 4.78 is 0. The van der Waals surface area contributed by atoms with Crippen molar-refractivity contribution in [2.45, 2.75) is 70.6 Å². The molecule has 0 unspecified atom stereocenters. The number of rotatable bonds is 4. The van der Waals surface area contributed by atoms with Gasteiger partial charge in [-0.1, -0.05) is 57.8 Å². The largest absolute Gasteiger partial charge is 0.265 e. The summed E-state index contributed by atoms with van der Waals surface area (Å²) in [6.45, 7) is -0.512. The Bertz CT molecular complexity index is 290. The Morgan fingerprint density at radius 3 is 1.25 bits per heavy atom. The predicted octanol–water partition coefficient (Wildman–Crippen LogP) is 3.83. The van der Waals surface area contributed by atoms with Crippen molar-refractivity contribution in [2.75, 3.05) is 13.1 Å². The molecule has 0 atom stereocenters. The van der Waals surface area contributed by atoms with Gasteiger partial charge in [-0.05, 0) is 12.8 Å². The molecular formula is C14H26N2O4. The lowest BCUT2D eigenvalue weighted by molar-refractivity contribution is -0.540. The highest BCUT2D eigenvalue weighted by atomic mass is 16.6. The van der Waals surface area contributed by atoms with Gasteiger partial charge in [0.1, 0.15) is 0 Å². The van der Waals surface area contributed by atoms with E-state index in [1.165, 1.54) is 19.3 Å². The highest BCUT2D eigenvalue weighted by Gasteiger charge is 2.40. The summed E-state index contributed by atoms with van der Waals surface area (Å²) in [6, 6.07) is 0. The fraction of sp³-hybridized carbons (Fsp3) is 1.00. The van der Waals surface area contributed by atoms with E-state index in [0.717, 1.165) is 38.5 Å². The van der Waals surface area contributed by atoms with Gasteiger partial charge < -0.3 is 0 Å². The van der Waals surface area contributed by atoms with E-state index in [1.807, 2.05) is 0 Å². The lowest BCUT2D eigenvalue weighted by Crippen LogP contribution is -2.37. The summed E-state index contributed by atoms with van der Waals surface area (Å²) in [6.07, 6.45) is 11.1. The van der Waals surface area contributed by atoms with Crippen molar-refractivity contribution in [1.82, 2.24) is 0 Å². The Kier molecular flexibility index (Phi) is 7.47. The van der Waals surface area contributed by atoms with Crippen LogP contribution >= 0.6 is 0 Å². The standard InChI is InChI=1S/C14H26N2O4/c17-15(18)12-14(13-16(19)20)10-8-6-4-2-1-3-5-7-9-11-14/h1-13H2. The second kappa shape index (κ2) is 8.87. The topological polar surface area (TPSA) is 86.3 Å². The number of hydrogen-bond donors (Lipinski definition) is 0. The second-order valence-electron chi connectivity index (χ2n) is 6.16. The van der Waals surface area contributed by atoms with E-state index in [2.05, 4.69) is 0 Å². The summed E-state index contributed by atoms with van der Waals surface area (Å²) in [5.41, 5.74) is -0.730. The summed E-state index contributed by atoms with van der Waals surface area (Å²) in [5.74, 6) is 0. The molecule has 0 heterocycles. The molecule has 0 N–H and O–H groups in total. The lowest BCUT2D eigenvalue weighted by Gasteiger charge is -2.26. The molecule has 0 aromatic heterocycles. The Morgan fingerprint density at radius 2 is 0.950 bits per heavy atom. The van der Waals surface area contributed by atoms with Crippen molar-refractivity contribution in [3.05, 3.63) is 20.2 Å². The Hall–Kier alpha value is -1.20. The molecule has 0 saturated heterocycles. The van der Waals surface area contributed by atoms with Gasteiger partial charge in [0.25, 0.3) is 0 Å². The van der Waals surface area contributed by atoms with Crippen LogP contribution in [-0.2, 0) is 0 Å². The van der Waals surface area contributed by atoms with Gasteiger partial charge in [0.05, 0.1) is 5.41 Å². The summed E-state index contributed by atoms with van der Waals surface area (Å²) >= 11 is 0. The van der Waals surface area contributed by atoms with Crippen LogP contribution in [0.4, 0.5) is 0 Å². The van der Waals surface area contributed by atoms with Crippen LogP contribution in [0, 0.1) is 25.6 Å². The third-order valence-corrected chi connectivity index (χ3v) is 4.34. The predicted molar refractivity (Wildman–Crippen MR) is 76.9 cm³/mol. The minimum atomic E-state index is -0.730. The van der Waals surface area contributed by atoms with Crippen LogP contribution in [0.25, 0.3) is 0 Å². The van der Waals surface area contributed by atoms with Gasteiger partial charge >= 0.3 is 0 Å². The minimum Gasteiger partial charge on any atom is -0.265 e. The molecule has 0 aliphatic heterocycles. The Labute approximate surface area is 120 Å². The molecule has 0 amide bonds. The molecule has 6 nitrogen and oxygen atoms in total. The highest BCUT2D eigenvalue weighted by Crippen LogP contribution is 2.33. The van der Waals surface area contributed by atoms with Crippen molar-refractivity contribution in [3.8, 4) is 0 Å². The number of hydrogen-bond acceptors (Lipinski definition) is 4. The number of nitro groups is 2. The maximum atomic E-state index is 10.9. The molecule has 1 aliphatic carbocycles. The average molecular weight is 286 g/mol. The summed E-state index contributed by atoms with van der Waals surface area (Å²) in [7, 11) is 0. The van der Waals surface area contributed by atoms with Gasteiger partial charge in [-0.2, -0.15) is 0 Å². The van der Waals surface area contributed by atoms with E-state index < -0.39 is 5.41 Å². The van der Waals surface area contributed by atoms with Gasteiger partial charge in [-0.3, -0.25) is 20.2 Å². The van der Waals surface area contributed by atoms with Gasteiger partial charge in [-0.25, -0.2) is 0 Å². The van der Waals surface area contributed by atoms with Crippen molar-refractivity contribution in [1.29, 1.82) is 0 Å².